The molecular formula is C4H8NO2S-. The Morgan fingerprint density at radius 1 is 1.88 bits per heavy atom. The van der Waals surface area contributed by atoms with Crippen molar-refractivity contribution in [1.29, 1.82) is 0 Å². The maximum atomic E-state index is 10.5. The van der Waals surface area contributed by atoms with Crippen LogP contribution in [0.15, 0.2) is 0 Å². The molecule has 3 nitrogen and oxygen atoms in total. The monoisotopic (exact) mass is 134 g/mol. The number of hydroxylamine groups is 2. The molecule has 1 rings (SSSR count). The Bertz CT molecular complexity index is 80.4. The second kappa shape index (κ2) is 2.68. The SMILES string of the molecule is [O-]N1CSCC1CO. The molecule has 0 saturated carbocycles. The van der Waals surface area contributed by atoms with E-state index in [4.69, 9.17) is 5.11 Å². The summed E-state index contributed by atoms with van der Waals surface area (Å²) in [5, 5.41) is 19.9. The lowest BCUT2D eigenvalue weighted by Gasteiger charge is -2.26. The molecule has 1 aliphatic heterocycles. The van der Waals surface area contributed by atoms with Crippen LogP contribution in [0.2, 0.25) is 0 Å². The van der Waals surface area contributed by atoms with Gasteiger partial charge >= 0.3 is 0 Å². The van der Waals surface area contributed by atoms with E-state index in [9.17, 15) is 5.21 Å². The minimum Gasteiger partial charge on any atom is -0.784 e. The summed E-state index contributed by atoms with van der Waals surface area (Å²) in [6, 6.07) is -0.139. The van der Waals surface area contributed by atoms with Crippen LogP contribution in [0, 0.1) is 5.21 Å². The summed E-state index contributed by atoms with van der Waals surface area (Å²) >= 11 is 1.57. The van der Waals surface area contributed by atoms with Crippen molar-refractivity contribution in [2.75, 3.05) is 18.2 Å². The van der Waals surface area contributed by atoms with Crippen LogP contribution in [0.3, 0.4) is 0 Å². The van der Waals surface area contributed by atoms with Gasteiger partial charge in [0.1, 0.15) is 0 Å². The summed E-state index contributed by atoms with van der Waals surface area (Å²) in [6.45, 7) is -0.00347. The fraction of sp³-hybridized carbons (Fsp3) is 1.00. The maximum absolute atomic E-state index is 10.5. The molecule has 0 spiro atoms. The van der Waals surface area contributed by atoms with Crippen molar-refractivity contribution in [3.63, 3.8) is 0 Å². The van der Waals surface area contributed by atoms with Gasteiger partial charge in [0, 0.05) is 17.7 Å². The zero-order valence-corrected chi connectivity index (χ0v) is 5.23. The van der Waals surface area contributed by atoms with Crippen molar-refractivity contribution in [1.82, 2.24) is 5.06 Å². The Morgan fingerprint density at radius 3 is 2.88 bits per heavy atom. The van der Waals surface area contributed by atoms with E-state index in [1.54, 1.807) is 11.8 Å². The van der Waals surface area contributed by atoms with Crippen LogP contribution in [-0.4, -0.2) is 34.4 Å². The van der Waals surface area contributed by atoms with Gasteiger partial charge < -0.3 is 15.4 Å². The van der Waals surface area contributed by atoms with Crippen LogP contribution in [0.5, 0.6) is 0 Å². The van der Waals surface area contributed by atoms with Gasteiger partial charge in [-0.2, -0.15) is 0 Å². The molecule has 1 N–H and O–H groups in total. The van der Waals surface area contributed by atoms with Gasteiger partial charge in [-0.25, -0.2) is 0 Å². The summed E-state index contributed by atoms with van der Waals surface area (Å²) in [5.41, 5.74) is 0. The molecule has 0 radical (unpaired) electrons. The smallest absolute Gasteiger partial charge is 0.0586 e. The number of aliphatic hydroxyl groups is 1. The molecule has 1 fully saturated rings. The van der Waals surface area contributed by atoms with E-state index in [1.165, 1.54) is 0 Å². The van der Waals surface area contributed by atoms with E-state index in [0.29, 0.717) is 5.88 Å². The van der Waals surface area contributed by atoms with Crippen LogP contribution in [0.1, 0.15) is 0 Å². The highest BCUT2D eigenvalue weighted by Crippen LogP contribution is 2.17. The van der Waals surface area contributed by atoms with E-state index >= 15 is 0 Å². The average molecular weight is 134 g/mol. The van der Waals surface area contributed by atoms with Crippen LogP contribution in [-0.2, 0) is 0 Å². The third kappa shape index (κ3) is 1.14. The van der Waals surface area contributed by atoms with Gasteiger partial charge in [0.2, 0.25) is 0 Å². The van der Waals surface area contributed by atoms with E-state index < -0.39 is 0 Å². The van der Waals surface area contributed by atoms with Gasteiger partial charge in [0.15, 0.2) is 0 Å². The molecule has 0 aromatic heterocycles. The third-order valence-corrected chi connectivity index (χ3v) is 2.20. The largest absolute Gasteiger partial charge is 0.784 e. The Kier molecular flexibility index (Phi) is 2.13. The average Bonchev–Trinajstić information content (AvgIpc) is 2.14. The molecule has 8 heavy (non-hydrogen) atoms. The lowest BCUT2D eigenvalue weighted by Crippen LogP contribution is -2.28. The van der Waals surface area contributed by atoms with Crippen molar-refractivity contribution >= 4 is 11.8 Å². The summed E-state index contributed by atoms with van der Waals surface area (Å²) in [7, 11) is 0. The molecule has 48 valence electrons. The van der Waals surface area contributed by atoms with Gasteiger partial charge in [0.05, 0.1) is 6.61 Å². The first-order valence-corrected chi connectivity index (χ1v) is 3.62. The zero-order valence-electron chi connectivity index (χ0n) is 4.41. The summed E-state index contributed by atoms with van der Waals surface area (Å²) in [5.74, 6) is 1.30. The number of aliphatic hydroxyl groups excluding tert-OH is 1. The van der Waals surface area contributed by atoms with E-state index in [0.717, 1.165) is 10.8 Å². The lowest BCUT2D eigenvalue weighted by molar-refractivity contribution is 0.203. The van der Waals surface area contributed by atoms with E-state index in [1.807, 2.05) is 0 Å². The van der Waals surface area contributed by atoms with Crippen molar-refractivity contribution in [2.24, 2.45) is 0 Å². The minimum absolute atomic E-state index is 0.00347. The standard InChI is InChI=1S/C4H8NO2S/c6-1-4-2-8-3-5(4)7/h4,6H,1-3H2/q-1. The van der Waals surface area contributed by atoms with Gasteiger partial charge in [-0.1, -0.05) is 0 Å². The van der Waals surface area contributed by atoms with E-state index in [-0.39, 0.29) is 12.6 Å². The molecule has 1 atom stereocenters. The lowest BCUT2D eigenvalue weighted by atomic mass is 10.4. The first kappa shape index (κ1) is 6.35. The van der Waals surface area contributed by atoms with Crippen molar-refractivity contribution in [2.45, 2.75) is 6.04 Å². The molecule has 1 aliphatic rings. The second-order valence-corrected chi connectivity index (χ2v) is 2.75. The predicted molar refractivity (Wildman–Crippen MR) is 33.4 cm³/mol. The zero-order chi connectivity index (χ0) is 5.98. The van der Waals surface area contributed by atoms with Gasteiger partial charge in [-0.15, -0.1) is 11.8 Å². The molecule has 0 aliphatic carbocycles. The molecule has 0 aromatic carbocycles. The Hall–Kier alpha value is 0.230. The topological polar surface area (TPSA) is 46.5 Å². The highest BCUT2D eigenvalue weighted by atomic mass is 32.2. The first-order chi connectivity index (χ1) is 3.84. The molecule has 0 amide bonds. The van der Waals surface area contributed by atoms with Crippen LogP contribution < -0.4 is 0 Å². The molecule has 0 bridgehead atoms. The normalized spacial score (nSPS) is 31.5. The number of hydrogen-bond donors (Lipinski definition) is 1. The van der Waals surface area contributed by atoms with Crippen molar-refractivity contribution in [3.8, 4) is 0 Å². The van der Waals surface area contributed by atoms with Crippen LogP contribution >= 0.6 is 11.8 Å². The minimum atomic E-state index is -0.139. The summed E-state index contributed by atoms with van der Waals surface area (Å²) < 4.78 is 0. The Labute approximate surface area is 52.3 Å². The number of nitrogens with zero attached hydrogens (tertiary/aromatic N) is 1. The summed E-state index contributed by atoms with van der Waals surface area (Å²) in [6.07, 6.45) is 0. The fourth-order valence-corrected chi connectivity index (χ4v) is 1.65. The third-order valence-electron chi connectivity index (χ3n) is 1.15. The molecule has 0 aromatic rings. The predicted octanol–water partition coefficient (Wildman–Crippen LogP) is -0.149. The molecule has 4 heteroatoms. The maximum Gasteiger partial charge on any atom is 0.0586 e. The quantitative estimate of drug-likeness (QED) is 0.542. The van der Waals surface area contributed by atoms with Gasteiger partial charge in [0.25, 0.3) is 0 Å². The summed E-state index contributed by atoms with van der Waals surface area (Å²) in [4.78, 5) is 0. The number of rotatable bonds is 1. The molecule has 1 heterocycles. The number of hydrogen-bond acceptors (Lipinski definition) is 4. The highest BCUT2D eigenvalue weighted by molar-refractivity contribution is 7.99. The molecule has 1 saturated heterocycles. The number of thioether (sulfide) groups is 1. The van der Waals surface area contributed by atoms with Gasteiger partial charge in [-0.3, -0.25) is 0 Å². The van der Waals surface area contributed by atoms with E-state index in [2.05, 4.69) is 0 Å². The fourth-order valence-electron chi connectivity index (χ4n) is 0.611. The van der Waals surface area contributed by atoms with Crippen LogP contribution in [0.25, 0.3) is 0 Å². The Morgan fingerprint density at radius 2 is 2.62 bits per heavy atom. The molecule has 1 unspecified atom stereocenters. The van der Waals surface area contributed by atoms with Crippen molar-refractivity contribution in [3.05, 3.63) is 5.21 Å². The second-order valence-electron chi connectivity index (χ2n) is 1.75. The van der Waals surface area contributed by atoms with Crippen LogP contribution in [0.4, 0.5) is 0 Å². The van der Waals surface area contributed by atoms with Gasteiger partial charge in [-0.05, 0) is 0 Å². The van der Waals surface area contributed by atoms with Crippen molar-refractivity contribution < 1.29 is 5.11 Å². The Balaban J connectivity index is 2.30. The first-order valence-electron chi connectivity index (χ1n) is 2.47. The highest BCUT2D eigenvalue weighted by Gasteiger charge is 2.15. The molecular weight excluding hydrogens is 126 g/mol.